The maximum Gasteiger partial charge on any atom is 0.309 e. The van der Waals surface area contributed by atoms with E-state index in [1.165, 1.54) is 0 Å². The van der Waals surface area contributed by atoms with Crippen molar-refractivity contribution in [3.05, 3.63) is 0 Å². The summed E-state index contributed by atoms with van der Waals surface area (Å²) in [5, 5.41) is 8.50. The topological polar surface area (TPSA) is 46.5 Å². The second-order valence-electron chi connectivity index (χ2n) is 2.31. The monoisotopic (exact) mass is 130 g/mol. The molecule has 1 fully saturated rings. The van der Waals surface area contributed by atoms with Crippen LogP contribution in [0.1, 0.15) is 13.3 Å². The van der Waals surface area contributed by atoms with Crippen LogP contribution >= 0.6 is 0 Å². The normalized spacial score (nSPS) is 34.8. The first kappa shape index (κ1) is 6.55. The van der Waals surface area contributed by atoms with Crippen molar-refractivity contribution < 1.29 is 14.6 Å². The third-order valence-electron chi connectivity index (χ3n) is 1.69. The van der Waals surface area contributed by atoms with Crippen molar-refractivity contribution in [1.82, 2.24) is 0 Å². The van der Waals surface area contributed by atoms with Crippen molar-refractivity contribution in [2.45, 2.75) is 19.4 Å². The minimum absolute atomic E-state index is 0.0949. The van der Waals surface area contributed by atoms with Gasteiger partial charge in [-0.15, -0.1) is 0 Å². The lowest BCUT2D eigenvalue weighted by Crippen LogP contribution is -2.20. The zero-order valence-corrected chi connectivity index (χ0v) is 5.33. The highest BCUT2D eigenvalue weighted by atomic mass is 16.5. The molecular formula is C6H10O3. The molecule has 1 heterocycles. The third-order valence-corrected chi connectivity index (χ3v) is 1.69. The predicted molar refractivity (Wildman–Crippen MR) is 31.2 cm³/mol. The molecule has 0 bridgehead atoms. The van der Waals surface area contributed by atoms with Gasteiger partial charge in [0, 0.05) is 6.61 Å². The van der Waals surface area contributed by atoms with Crippen LogP contribution in [0.15, 0.2) is 0 Å². The average molecular weight is 130 g/mol. The van der Waals surface area contributed by atoms with E-state index in [0.29, 0.717) is 13.0 Å². The number of aliphatic carboxylic acids is 1. The summed E-state index contributed by atoms with van der Waals surface area (Å²) < 4.78 is 5.05. The molecule has 1 saturated heterocycles. The van der Waals surface area contributed by atoms with E-state index >= 15 is 0 Å². The Hall–Kier alpha value is -0.570. The van der Waals surface area contributed by atoms with Crippen LogP contribution in [0.2, 0.25) is 0 Å². The Morgan fingerprint density at radius 1 is 1.78 bits per heavy atom. The van der Waals surface area contributed by atoms with Gasteiger partial charge in [-0.3, -0.25) is 4.79 Å². The van der Waals surface area contributed by atoms with E-state index in [4.69, 9.17) is 9.84 Å². The zero-order valence-electron chi connectivity index (χ0n) is 5.33. The molecule has 3 nitrogen and oxygen atoms in total. The van der Waals surface area contributed by atoms with Gasteiger partial charge in [0.05, 0.1) is 12.0 Å². The average Bonchev–Trinajstić information content (AvgIpc) is 2.13. The highest BCUT2D eigenvalue weighted by molar-refractivity contribution is 5.70. The summed E-state index contributed by atoms with van der Waals surface area (Å²) in [7, 11) is 0. The fraction of sp³-hybridized carbons (Fsp3) is 0.833. The van der Waals surface area contributed by atoms with Crippen molar-refractivity contribution in [2.75, 3.05) is 6.61 Å². The molecule has 3 heteroatoms. The molecule has 9 heavy (non-hydrogen) atoms. The van der Waals surface area contributed by atoms with Gasteiger partial charge < -0.3 is 9.84 Å². The van der Waals surface area contributed by atoms with E-state index in [9.17, 15) is 4.79 Å². The van der Waals surface area contributed by atoms with E-state index in [-0.39, 0.29) is 12.0 Å². The third kappa shape index (κ3) is 1.21. The standard InChI is InChI=1S/C6H10O3/c1-4-5(6(7)8)2-3-9-4/h4-5H,2-3H2,1H3,(H,7,8)/t4-,5+/m0/s1. The summed E-state index contributed by atoms with van der Waals surface area (Å²) in [4.78, 5) is 10.3. The van der Waals surface area contributed by atoms with Crippen molar-refractivity contribution in [3.63, 3.8) is 0 Å². The molecule has 0 radical (unpaired) electrons. The van der Waals surface area contributed by atoms with E-state index < -0.39 is 5.97 Å². The first-order valence-corrected chi connectivity index (χ1v) is 3.06. The molecule has 0 aromatic rings. The Bertz CT molecular complexity index is 121. The smallest absolute Gasteiger partial charge is 0.309 e. The van der Waals surface area contributed by atoms with Gasteiger partial charge in [0.2, 0.25) is 0 Å². The maximum atomic E-state index is 10.3. The number of hydrogen-bond acceptors (Lipinski definition) is 2. The molecule has 1 rings (SSSR count). The summed E-state index contributed by atoms with van der Waals surface area (Å²) in [6, 6.07) is 0. The maximum absolute atomic E-state index is 10.3. The minimum Gasteiger partial charge on any atom is -0.481 e. The predicted octanol–water partition coefficient (Wildman–Crippen LogP) is 0.496. The van der Waals surface area contributed by atoms with Gasteiger partial charge in [0.25, 0.3) is 0 Å². The summed E-state index contributed by atoms with van der Waals surface area (Å²) in [5.74, 6) is -1.01. The van der Waals surface area contributed by atoms with Crippen LogP contribution in [-0.2, 0) is 9.53 Å². The van der Waals surface area contributed by atoms with Crippen molar-refractivity contribution in [3.8, 4) is 0 Å². The molecule has 0 spiro atoms. The number of hydrogen-bond donors (Lipinski definition) is 1. The van der Waals surface area contributed by atoms with E-state index in [1.807, 2.05) is 0 Å². The SMILES string of the molecule is C[C@@H]1OCC[C@H]1C(=O)O. The van der Waals surface area contributed by atoms with Gasteiger partial charge in [-0.2, -0.15) is 0 Å². The second-order valence-corrected chi connectivity index (χ2v) is 2.31. The molecule has 0 aromatic heterocycles. The van der Waals surface area contributed by atoms with Crippen LogP contribution in [0, 0.1) is 5.92 Å². The van der Waals surface area contributed by atoms with Crippen LogP contribution < -0.4 is 0 Å². The first-order chi connectivity index (χ1) is 4.22. The summed E-state index contributed by atoms with van der Waals surface area (Å²) in [6.07, 6.45) is 0.568. The van der Waals surface area contributed by atoms with Gasteiger partial charge in [-0.1, -0.05) is 0 Å². The number of carboxylic acids is 1. The number of carbonyl (C=O) groups is 1. The van der Waals surface area contributed by atoms with Crippen molar-refractivity contribution in [1.29, 1.82) is 0 Å². The molecule has 1 aliphatic rings. The lowest BCUT2D eigenvalue weighted by Gasteiger charge is -2.06. The quantitative estimate of drug-likeness (QED) is 0.562. The minimum atomic E-state index is -0.736. The molecule has 0 saturated carbocycles. The van der Waals surface area contributed by atoms with Gasteiger partial charge in [0.1, 0.15) is 0 Å². The summed E-state index contributed by atoms with van der Waals surface area (Å²) in [5.41, 5.74) is 0. The Balaban J connectivity index is 2.49. The Morgan fingerprint density at radius 2 is 2.44 bits per heavy atom. The van der Waals surface area contributed by atoms with Crippen LogP contribution in [0.5, 0.6) is 0 Å². The lowest BCUT2D eigenvalue weighted by atomic mass is 10.0. The molecule has 0 unspecified atom stereocenters. The molecule has 2 atom stereocenters. The molecule has 0 aliphatic carbocycles. The fourth-order valence-corrected chi connectivity index (χ4v) is 1.06. The molecular weight excluding hydrogens is 120 g/mol. The van der Waals surface area contributed by atoms with E-state index in [1.54, 1.807) is 6.92 Å². The molecule has 1 aliphatic heterocycles. The lowest BCUT2D eigenvalue weighted by molar-refractivity contribution is -0.143. The zero-order chi connectivity index (χ0) is 6.85. The summed E-state index contributed by atoms with van der Waals surface area (Å²) >= 11 is 0. The second kappa shape index (κ2) is 2.35. The summed E-state index contributed by atoms with van der Waals surface area (Å²) in [6.45, 7) is 2.39. The van der Waals surface area contributed by atoms with Crippen LogP contribution in [0.25, 0.3) is 0 Å². The van der Waals surface area contributed by atoms with Crippen LogP contribution in [0.4, 0.5) is 0 Å². The van der Waals surface area contributed by atoms with Gasteiger partial charge in [-0.25, -0.2) is 0 Å². The van der Waals surface area contributed by atoms with Crippen molar-refractivity contribution >= 4 is 5.97 Å². The van der Waals surface area contributed by atoms with Crippen molar-refractivity contribution in [2.24, 2.45) is 5.92 Å². The van der Waals surface area contributed by atoms with Gasteiger partial charge in [0.15, 0.2) is 0 Å². The number of carboxylic acid groups (broad SMARTS) is 1. The fourth-order valence-electron chi connectivity index (χ4n) is 1.06. The van der Waals surface area contributed by atoms with Gasteiger partial charge in [-0.05, 0) is 13.3 Å². The Morgan fingerprint density at radius 3 is 2.67 bits per heavy atom. The highest BCUT2D eigenvalue weighted by Gasteiger charge is 2.29. The molecule has 52 valence electrons. The number of ether oxygens (including phenoxy) is 1. The van der Waals surface area contributed by atoms with Gasteiger partial charge >= 0.3 is 5.97 Å². The van der Waals surface area contributed by atoms with Crippen LogP contribution in [0.3, 0.4) is 0 Å². The van der Waals surface area contributed by atoms with E-state index in [2.05, 4.69) is 0 Å². The molecule has 0 aromatic carbocycles. The van der Waals surface area contributed by atoms with E-state index in [0.717, 1.165) is 0 Å². The largest absolute Gasteiger partial charge is 0.481 e. The molecule has 0 amide bonds. The Labute approximate surface area is 53.6 Å². The van der Waals surface area contributed by atoms with Crippen LogP contribution in [-0.4, -0.2) is 23.8 Å². The Kier molecular flexibility index (Phi) is 1.71. The first-order valence-electron chi connectivity index (χ1n) is 3.06. The number of rotatable bonds is 1. The highest BCUT2D eigenvalue weighted by Crippen LogP contribution is 2.19. The molecule has 1 N–H and O–H groups in total.